The number of hydrogen-bond acceptors (Lipinski definition) is 7. The first kappa shape index (κ1) is 16.7. The quantitative estimate of drug-likeness (QED) is 0.433. The van der Waals surface area contributed by atoms with Gasteiger partial charge in [-0.05, 0) is 0 Å². The molecule has 0 unspecified atom stereocenters. The molecule has 0 saturated carbocycles. The molecule has 1 heterocycles. The maximum atomic E-state index is 11.9. The Bertz CT molecular complexity index is 740. The Morgan fingerprint density at radius 3 is 2.55 bits per heavy atom. The summed E-state index contributed by atoms with van der Waals surface area (Å²) in [6.07, 6.45) is 0. The molecular formula is C14H18IN3O4. The molecule has 2 rings (SSSR count). The average Bonchev–Trinajstić information content (AvgIpc) is 2.46. The van der Waals surface area contributed by atoms with Gasteiger partial charge in [-0.2, -0.15) is 0 Å². The predicted molar refractivity (Wildman–Crippen MR) is 93.9 cm³/mol. The fraction of sp³-hybridized carbons (Fsp3) is 0.286. The number of halogens is 1. The van der Waals surface area contributed by atoms with Crippen molar-refractivity contribution in [1.82, 2.24) is 0 Å². The SMILES string of the molecule is CCN(CC)c1ccc2cc(C(=O)OI(N)N)c(=O)oc2c1. The van der Waals surface area contributed by atoms with E-state index in [0.29, 0.717) is 11.0 Å². The van der Waals surface area contributed by atoms with Crippen LogP contribution in [0.1, 0.15) is 24.2 Å². The normalized spacial score (nSPS) is 11.4. The van der Waals surface area contributed by atoms with Gasteiger partial charge in [-0.15, -0.1) is 0 Å². The van der Waals surface area contributed by atoms with Gasteiger partial charge >= 0.3 is 136 Å². The van der Waals surface area contributed by atoms with Gasteiger partial charge in [-0.1, -0.05) is 0 Å². The molecule has 4 N–H and O–H groups in total. The maximum absolute atomic E-state index is 11.9. The molecule has 8 heteroatoms. The summed E-state index contributed by atoms with van der Waals surface area (Å²) in [4.78, 5) is 25.8. The number of carbonyl (C=O) groups is 1. The van der Waals surface area contributed by atoms with Crippen molar-refractivity contribution in [2.75, 3.05) is 18.0 Å². The fourth-order valence-corrected chi connectivity index (χ4v) is 2.85. The molecular weight excluding hydrogens is 401 g/mol. The summed E-state index contributed by atoms with van der Waals surface area (Å²) in [5, 5.41) is 0.636. The summed E-state index contributed by atoms with van der Waals surface area (Å²) >= 11 is -2.71. The zero-order chi connectivity index (χ0) is 16.3. The summed E-state index contributed by atoms with van der Waals surface area (Å²) < 4.78 is 20.7. The number of anilines is 1. The molecule has 0 aliphatic heterocycles. The molecule has 0 saturated heterocycles. The molecule has 120 valence electrons. The van der Waals surface area contributed by atoms with Gasteiger partial charge in [0.1, 0.15) is 0 Å². The Hall–Kier alpha value is -1.65. The van der Waals surface area contributed by atoms with Crippen molar-refractivity contribution in [3.05, 3.63) is 40.2 Å². The second kappa shape index (κ2) is 7.07. The standard InChI is InChI=1S/C14H18IN3O4/c1-3-18(4-2)10-6-5-9-7-11(14(20)22-15(16)17)13(19)21-12(9)8-10/h5-8H,3-4,16-17H2,1-2H3. The zero-order valence-electron chi connectivity index (χ0n) is 12.3. The zero-order valence-corrected chi connectivity index (χ0v) is 14.5. The van der Waals surface area contributed by atoms with Crippen molar-refractivity contribution >= 4 is 43.4 Å². The Labute approximate surface area is 135 Å². The molecule has 0 amide bonds. The number of benzene rings is 1. The van der Waals surface area contributed by atoms with Gasteiger partial charge in [0.15, 0.2) is 0 Å². The third kappa shape index (κ3) is 3.57. The molecule has 22 heavy (non-hydrogen) atoms. The van der Waals surface area contributed by atoms with E-state index in [9.17, 15) is 9.59 Å². The van der Waals surface area contributed by atoms with Crippen LogP contribution in [0.5, 0.6) is 0 Å². The van der Waals surface area contributed by atoms with Crippen LogP contribution in [0.25, 0.3) is 11.0 Å². The van der Waals surface area contributed by atoms with Crippen LogP contribution in [0.2, 0.25) is 0 Å². The van der Waals surface area contributed by atoms with Crippen molar-refractivity contribution in [2.45, 2.75) is 13.8 Å². The topological polar surface area (TPSA) is 112 Å². The summed E-state index contributed by atoms with van der Waals surface area (Å²) in [7, 11) is 0. The number of nitrogens with two attached hydrogens (primary N) is 2. The molecule has 0 radical (unpaired) electrons. The van der Waals surface area contributed by atoms with Gasteiger partial charge in [-0.25, -0.2) is 0 Å². The van der Waals surface area contributed by atoms with E-state index in [1.807, 2.05) is 19.9 Å². The van der Waals surface area contributed by atoms with E-state index >= 15 is 0 Å². The molecule has 0 atom stereocenters. The average molecular weight is 419 g/mol. The molecule has 0 aliphatic carbocycles. The Morgan fingerprint density at radius 1 is 1.27 bits per heavy atom. The Morgan fingerprint density at radius 2 is 1.95 bits per heavy atom. The first-order valence-corrected chi connectivity index (χ1v) is 10.1. The Kier molecular flexibility index (Phi) is 5.37. The van der Waals surface area contributed by atoms with Crippen LogP contribution < -0.4 is 18.4 Å². The number of carbonyl (C=O) groups excluding carboxylic acids is 1. The molecule has 2 aromatic rings. The van der Waals surface area contributed by atoms with Crippen LogP contribution in [-0.4, -0.2) is 19.1 Å². The summed E-state index contributed by atoms with van der Waals surface area (Å²) in [6, 6.07) is 6.93. The number of nitrogens with zero attached hydrogens (tertiary/aromatic N) is 1. The number of fused-ring (bicyclic) bond motifs is 1. The van der Waals surface area contributed by atoms with Crippen molar-refractivity contribution in [1.29, 1.82) is 0 Å². The van der Waals surface area contributed by atoms with E-state index in [4.69, 9.17) is 15.4 Å². The number of hydrogen-bond donors (Lipinski definition) is 2. The predicted octanol–water partition coefficient (Wildman–Crippen LogP) is 1.96. The number of rotatable bonds is 5. The van der Waals surface area contributed by atoms with Crippen LogP contribution >= 0.6 is 20.8 Å². The van der Waals surface area contributed by atoms with Crippen LogP contribution in [0.15, 0.2) is 33.5 Å². The first-order valence-electron chi connectivity index (χ1n) is 6.70. The van der Waals surface area contributed by atoms with E-state index in [1.54, 1.807) is 12.1 Å². The minimum absolute atomic E-state index is 0.193. The molecule has 1 aromatic carbocycles. The molecule has 7 nitrogen and oxygen atoms in total. The van der Waals surface area contributed by atoms with Gasteiger partial charge in [0, 0.05) is 0 Å². The van der Waals surface area contributed by atoms with Crippen molar-refractivity contribution in [3.63, 3.8) is 0 Å². The molecule has 0 bridgehead atoms. The Balaban J connectivity index is 2.46. The van der Waals surface area contributed by atoms with Crippen molar-refractivity contribution < 1.29 is 12.3 Å². The van der Waals surface area contributed by atoms with Crippen LogP contribution in [0.4, 0.5) is 5.69 Å². The monoisotopic (exact) mass is 419 g/mol. The van der Waals surface area contributed by atoms with Gasteiger partial charge in [0.25, 0.3) is 0 Å². The molecule has 0 fully saturated rings. The van der Waals surface area contributed by atoms with E-state index in [1.165, 1.54) is 6.07 Å². The second-order valence-electron chi connectivity index (χ2n) is 4.51. The summed E-state index contributed by atoms with van der Waals surface area (Å²) in [5.74, 6) is -0.835. The van der Waals surface area contributed by atoms with Crippen LogP contribution in [-0.2, 0) is 3.07 Å². The van der Waals surface area contributed by atoms with Gasteiger partial charge in [-0.3, -0.25) is 0 Å². The summed E-state index contributed by atoms with van der Waals surface area (Å²) in [5.41, 5.74) is 0.420. The van der Waals surface area contributed by atoms with Crippen LogP contribution in [0, 0.1) is 0 Å². The van der Waals surface area contributed by atoms with Crippen molar-refractivity contribution in [2.24, 2.45) is 7.89 Å². The van der Waals surface area contributed by atoms with Gasteiger partial charge in [0.05, 0.1) is 0 Å². The third-order valence-electron chi connectivity index (χ3n) is 3.23. The van der Waals surface area contributed by atoms with Gasteiger partial charge < -0.3 is 0 Å². The molecule has 1 aromatic heterocycles. The molecule has 0 spiro atoms. The van der Waals surface area contributed by atoms with E-state index in [-0.39, 0.29) is 5.56 Å². The van der Waals surface area contributed by atoms with Gasteiger partial charge in [0.2, 0.25) is 0 Å². The van der Waals surface area contributed by atoms with Crippen LogP contribution in [0.3, 0.4) is 0 Å². The molecule has 0 aliphatic rings. The third-order valence-corrected chi connectivity index (χ3v) is 4.14. The first-order chi connectivity index (χ1) is 10.5. The minimum atomic E-state index is -2.71. The summed E-state index contributed by atoms with van der Waals surface area (Å²) in [6.45, 7) is 5.78. The fourth-order valence-electron chi connectivity index (χ4n) is 2.15. The van der Waals surface area contributed by atoms with Crippen molar-refractivity contribution in [3.8, 4) is 0 Å². The van der Waals surface area contributed by atoms with E-state index in [0.717, 1.165) is 18.8 Å². The van der Waals surface area contributed by atoms with E-state index < -0.39 is 32.4 Å². The van der Waals surface area contributed by atoms with E-state index in [2.05, 4.69) is 4.90 Å². The second-order valence-corrected chi connectivity index (χ2v) is 6.69.